The fourth-order valence-electron chi connectivity index (χ4n) is 7.35. The molecule has 222 valence electrons. The van der Waals surface area contributed by atoms with Crippen molar-refractivity contribution in [3.8, 4) is 45.8 Å². The number of fused-ring (bicyclic) bond motifs is 6. The van der Waals surface area contributed by atoms with Gasteiger partial charge in [0.15, 0.2) is 0 Å². The Bertz CT molecular complexity index is 2760. The standard InChI is InChI=1S/C44H26N4/c45-27-29-21-23-39-38-16-6-10-20-43(38)48(44(39)25-29)42-19-9-3-13-35(42)34-12-2-1-11-33(34)32-24-22-31(26-30(32)28-46)47-40-17-7-4-14-36(40)37-15-5-8-18-41(37)47/h1-26H. The van der Waals surface area contributed by atoms with E-state index in [2.05, 4.69) is 143 Å². The van der Waals surface area contributed by atoms with Crippen LogP contribution in [0.15, 0.2) is 158 Å². The number of aromatic nitrogens is 2. The van der Waals surface area contributed by atoms with Crippen molar-refractivity contribution in [2.24, 2.45) is 0 Å². The zero-order chi connectivity index (χ0) is 32.2. The molecule has 0 aliphatic rings. The van der Waals surface area contributed by atoms with Crippen molar-refractivity contribution < 1.29 is 0 Å². The topological polar surface area (TPSA) is 57.4 Å². The molecule has 9 aromatic rings. The first-order chi connectivity index (χ1) is 23.7. The highest BCUT2D eigenvalue weighted by atomic mass is 15.0. The molecule has 4 heteroatoms. The van der Waals surface area contributed by atoms with Crippen LogP contribution >= 0.6 is 0 Å². The van der Waals surface area contributed by atoms with E-state index >= 15 is 0 Å². The van der Waals surface area contributed by atoms with Crippen LogP contribution in [0.4, 0.5) is 0 Å². The van der Waals surface area contributed by atoms with Crippen LogP contribution in [0.5, 0.6) is 0 Å². The fraction of sp³-hybridized carbons (Fsp3) is 0. The average Bonchev–Trinajstić information content (AvgIpc) is 3.67. The van der Waals surface area contributed by atoms with Crippen LogP contribution in [-0.4, -0.2) is 9.13 Å². The Morgan fingerprint density at radius 1 is 0.375 bits per heavy atom. The third-order valence-electron chi connectivity index (χ3n) is 9.42. The average molecular weight is 611 g/mol. The summed E-state index contributed by atoms with van der Waals surface area (Å²) in [4.78, 5) is 0. The van der Waals surface area contributed by atoms with Gasteiger partial charge in [0.2, 0.25) is 0 Å². The molecule has 0 saturated heterocycles. The zero-order valence-electron chi connectivity index (χ0n) is 25.8. The molecular weight excluding hydrogens is 585 g/mol. The number of benzene rings is 7. The Labute approximate surface area is 277 Å². The predicted octanol–water partition coefficient (Wildman–Crippen LogP) is 11.0. The van der Waals surface area contributed by atoms with Gasteiger partial charge in [0.1, 0.15) is 0 Å². The summed E-state index contributed by atoms with van der Waals surface area (Å²) in [5.74, 6) is 0. The van der Waals surface area contributed by atoms with Gasteiger partial charge in [0.05, 0.1) is 51.0 Å². The third kappa shape index (κ3) is 4.07. The Morgan fingerprint density at radius 2 is 0.896 bits per heavy atom. The maximum Gasteiger partial charge on any atom is 0.0998 e. The summed E-state index contributed by atoms with van der Waals surface area (Å²) < 4.78 is 4.50. The van der Waals surface area contributed by atoms with Crippen LogP contribution in [0, 0.1) is 22.7 Å². The number of hydrogen-bond acceptors (Lipinski definition) is 2. The molecule has 0 aliphatic carbocycles. The molecule has 4 nitrogen and oxygen atoms in total. The molecule has 7 aromatic carbocycles. The lowest BCUT2D eigenvalue weighted by Crippen LogP contribution is -1.99. The molecule has 0 spiro atoms. The van der Waals surface area contributed by atoms with E-state index in [1.807, 2.05) is 36.4 Å². The van der Waals surface area contributed by atoms with Crippen molar-refractivity contribution in [3.05, 3.63) is 169 Å². The van der Waals surface area contributed by atoms with Crippen LogP contribution in [-0.2, 0) is 0 Å². The number of nitriles is 2. The molecule has 0 bridgehead atoms. The van der Waals surface area contributed by atoms with Crippen molar-refractivity contribution in [1.29, 1.82) is 10.5 Å². The molecule has 2 heterocycles. The van der Waals surface area contributed by atoms with Crippen LogP contribution in [0.1, 0.15) is 11.1 Å². The first-order valence-corrected chi connectivity index (χ1v) is 15.9. The van der Waals surface area contributed by atoms with E-state index in [-0.39, 0.29) is 0 Å². The van der Waals surface area contributed by atoms with Gasteiger partial charge in [-0.2, -0.15) is 10.5 Å². The van der Waals surface area contributed by atoms with E-state index in [0.717, 1.165) is 66.5 Å². The summed E-state index contributed by atoms with van der Waals surface area (Å²) in [5, 5.41) is 25.0. The molecule has 0 radical (unpaired) electrons. The number of hydrogen-bond donors (Lipinski definition) is 0. The Morgan fingerprint density at radius 3 is 1.52 bits per heavy atom. The largest absolute Gasteiger partial charge is 0.309 e. The summed E-state index contributed by atoms with van der Waals surface area (Å²) in [5.41, 5.74) is 11.4. The number of para-hydroxylation sites is 4. The van der Waals surface area contributed by atoms with Gasteiger partial charge in [-0.25, -0.2) is 0 Å². The molecule has 0 fully saturated rings. The monoisotopic (exact) mass is 610 g/mol. The second-order valence-electron chi connectivity index (χ2n) is 12.0. The molecule has 0 atom stereocenters. The van der Waals surface area contributed by atoms with Crippen molar-refractivity contribution >= 4 is 43.6 Å². The minimum atomic E-state index is 0.606. The molecule has 48 heavy (non-hydrogen) atoms. The van der Waals surface area contributed by atoms with Gasteiger partial charge in [-0.05, 0) is 59.7 Å². The minimum Gasteiger partial charge on any atom is -0.309 e. The maximum absolute atomic E-state index is 10.6. The Hall–Kier alpha value is -6.88. The lowest BCUT2D eigenvalue weighted by molar-refractivity contribution is 1.18. The molecule has 0 amide bonds. The summed E-state index contributed by atoms with van der Waals surface area (Å²) in [6.07, 6.45) is 0. The third-order valence-corrected chi connectivity index (χ3v) is 9.42. The molecule has 9 rings (SSSR count). The van der Waals surface area contributed by atoms with E-state index < -0.39 is 0 Å². The number of rotatable bonds is 4. The van der Waals surface area contributed by atoms with Gasteiger partial charge in [-0.15, -0.1) is 0 Å². The molecule has 0 unspecified atom stereocenters. The van der Waals surface area contributed by atoms with Gasteiger partial charge in [-0.1, -0.05) is 109 Å². The predicted molar refractivity (Wildman–Crippen MR) is 195 cm³/mol. The molecule has 0 saturated carbocycles. The summed E-state index contributed by atoms with van der Waals surface area (Å²) >= 11 is 0. The van der Waals surface area contributed by atoms with E-state index in [0.29, 0.717) is 11.1 Å². The van der Waals surface area contributed by atoms with Gasteiger partial charge >= 0.3 is 0 Å². The highest BCUT2D eigenvalue weighted by Gasteiger charge is 2.19. The highest BCUT2D eigenvalue weighted by molar-refractivity contribution is 6.11. The van der Waals surface area contributed by atoms with Gasteiger partial charge in [0.25, 0.3) is 0 Å². The number of nitrogens with zero attached hydrogens (tertiary/aromatic N) is 4. The zero-order valence-corrected chi connectivity index (χ0v) is 25.8. The fourth-order valence-corrected chi connectivity index (χ4v) is 7.35. The van der Waals surface area contributed by atoms with Crippen molar-refractivity contribution in [1.82, 2.24) is 9.13 Å². The molecular formula is C44H26N4. The Kier molecular flexibility index (Phi) is 6.22. The first kappa shape index (κ1) is 27.4. The molecule has 0 aliphatic heterocycles. The van der Waals surface area contributed by atoms with Crippen molar-refractivity contribution in [3.63, 3.8) is 0 Å². The lowest BCUT2D eigenvalue weighted by atomic mass is 9.91. The van der Waals surface area contributed by atoms with Crippen LogP contribution in [0.3, 0.4) is 0 Å². The smallest absolute Gasteiger partial charge is 0.0998 e. The second-order valence-corrected chi connectivity index (χ2v) is 12.0. The van der Waals surface area contributed by atoms with E-state index in [9.17, 15) is 10.5 Å². The van der Waals surface area contributed by atoms with Crippen molar-refractivity contribution in [2.45, 2.75) is 0 Å². The molecule has 2 aromatic heterocycles. The molecule has 0 N–H and O–H groups in total. The summed E-state index contributed by atoms with van der Waals surface area (Å²) in [6.45, 7) is 0. The van der Waals surface area contributed by atoms with Crippen molar-refractivity contribution in [2.75, 3.05) is 0 Å². The SMILES string of the molecule is N#Cc1ccc2c3ccccc3n(-c3ccccc3-c3ccccc3-c3ccc(-n4c5ccccc5c5ccccc54)cc3C#N)c2c1. The van der Waals surface area contributed by atoms with Gasteiger partial charge in [-0.3, -0.25) is 0 Å². The quantitative estimate of drug-likeness (QED) is 0.199. The van der Waals surface area contributed by atoms with Gasteiger partial charge in [0, 0.05) is 38.4 Å². The maximum atomic E-state index is 10.6. The van der Waals surface area contributed by atoms with E-state index in [1.165, 1.54) is 10.8 Å². The normalized spacial score (nSPS) is 11.3. The van der Waals surface area contributed by atoms with Crippen LogP contribution in [0.2, 0.25) is 0 Å². The Balaban J connectivity index is 1.26. The minimum absolute atomic E-state index is 0.606. The first-order valence-electron chi connectivity index (χ1n) is 15.9. The lowest BCUT2D eigenvalue weighted by Gasteiger charge is -2.18. The van der Waals surface area contributed by atoms with Crippen LogP contribution < -0.4 is 0 Å². The van der Waals surface area contributed by atoms with Crippen LogP contribution in [0.25, 0.3) is 77.2 Å². The summed E-state index contributed by atoms with van der Waals surface area (Å²) in [6, 6.07) is 58.8. The second kappa shape index (κ2) is 10.9. The highest BCUT2D eigenvalue weighted by Crippen LogP contribution is 2.41. The van der Waals surface area contributed by atoms with E-state index in [4.69, 9.17) is 0 Å². The van der Waals surface area contributed by atoms with Gasteiger partial charge < -0.3 is 9.13 Å². The summed E-state index contributed by atoms with van der Waals surface area (Å²) in [7, 11) is 0. The van der Waals surface area contributed by atoms with E-state index in [1.54, 1.807) is 0 Å².